The van der Waals surface area contributed by atoms with E-state index in [0.717, 1.165) is 4.90 Å². The molecule has 0 saturated carbocycles. The molecule has 0 spiro atoms. The van der Waals surface area contributed by atoms with E-state index < -0.39 is 17.8 Å². The number of halogens is 1. The minimum absolute atomic E-state index is 0.0422. The summed E-state index contributed by atoms with van der Waals surface area (Å²) < 4.78 is 5.10. The summed E-state index contributed by atoms with van der Waals surface area (Å²) in [5, 5.41) is 11.1. The fraction of sp³-hybridized carbons (Fsp3) is 0.0714. The summed E-state index contributed by atoms with van der Waals surface area (Å²) in [6.07, 6.45) is 1.43. The zero-order valence-electron chi connectivity index (χ0n) is 10.4. The summed E-state index contributed by atoms with van der Waals surface area (Å²) in [6, 6.07) is 7.44. The van der Waals surface area contributed by atoms with Crippen molar-refractivity contribution in [2.24, 2.45) is 0 Å². The van der Waals surface area contributed by atoms with Gasteiger partial charge in [-0.25, -0.2) is 9.69 Å². The number of esters is 1. The van der Waals surface area contributed by atoms with Crippen LogP contribution in [0.2, 0.25) is 5.02 Å². The Hall–Kier alpha value is -2.44. The molecule has 0 radical (unpaired) electrons. The molecule has 1 amide bonds. The number of rotatable bonds is 0. The first kappa shape index (κ1) is 12.3. The number of nitrogens with zero attached hydrogens (tertiary/aromatic N) is 2. The van der Waals surface area contributed by atoms with Crippen LogP contribution >= 0.6 is 11.6 Å². The fourth-order valence-corrected chi connectivity index (χ4v) is 2.79. The van der Waals surface area contributed by atoms with Gasteiger partial charge in [0, 0.05) is 11.2 Å². The predicted molar refractivity (Wildman–Crippen MR) is 71.8 cm³/mol. The maximum absolute atomic E-state index is 12.5. The van der Waals surface area contributed by atoms with Crippen molar-refractivity contribution in [1.82, 2.24) is 4.98 Å². The van der Waals surface area contributed by atoms with Gasteiger partial charge in [-0.2, -0.15) is 0 Å². The zero-order chi connectivity index (χ0) is 14.8. The third-order valence-electron chi connectivity index (χ3n) is 3.52. The van der Waals surface area contributed by atoms with Crippen LogP contribution in [-0.4, -0.2) is 22.0 Å². The molecule has 4 rings (SSSR count). The van der Waals surface area contributed by atoms with Crippen LogP contribution in [0.3, 0.4) is 0 Å². The lowest BCUT2D eigenvalue weighted by Gasteiger charge is -2.37. The Morgan fingerprint density at radius 2 is 2.10 bits per heavy atom. The number of fused-ring (bicyclic) bond motifs is 5. The molecule has 1 unspecified atom stereocenters. The molecular formula is C14H7ClN2O4. The van der Waals surface area contributed by atoms with E-state index in [-0.39, 0.29) is 22.5 Å². The van der Waals surface area contributed by atoms with Crippen LogP contribution < -0.4 is 4.90 Å². The Balaban J connectivity index is 2.04. The predicted octanol–water partition coefficient (Wildman–Crippen LogP) is 1.67. The zero-order valence-corrected chi connectivity index (χ0v) is 11.2. The molecule has 6 nitrogen and oxygen atoms in total. The molecule has 1 N–H and O–H groups in total. The number of amides is 1. The average Bonchev–Trinajstić information content (AvgIpc) is 2.68. The van der Waals surface area contributed by atoms with Crippen molar-refractivity contribution in [2.45, 2.75) is 5.91 Å². The van der Waals surface area contributed by atoms with Crippen LogP contribution in [0.15, 0.2) is 36.5 Å². The number of carbonyl (C=O) groups excluding carboxylic acids is 2. The first-order valence-corrected chi connectivity index (χ1v) is 6.45. The van der Waals surface area contributed by atoms with Crippen LogP contribution in [0, 0.1) is 0 Å². The van der Waals surface area contributed by atoms with Gasteiger partial charge in [-0.1, -0.05) is 11.6 Å². The van der Waals surface area contributed by atoms with Crippen molar-refractivity contribution in [3.8, 4) is 0 Å². The van der Waals surface area contributed by atoms with Gasteiger partial charge in [-0.3, -0.25) is 9.78 Å². The smallest absolute Gasteiger partial charge is 0.344 e. The lowest BCUT2D eigenvalue weighted by Crippen LogP contribution is -2.51. The van der Waals surface area contributed by atoms with Crippen LogP contribution in [0.4, 0.5) is 5.69 Å². The largest absolute Gasteiger partial charge is 0.405 e. The molecule has 7 heteroatoms. The quantitative estimate of drug-likeness (QED) is 0.749. The van der Waals surface area contributed by atoms with Gasteiger partial charge >= 0.3 is 11.9 Å². The van der Waals surface area contributed by atoms with Crippen molar-refractivity contribution < 1.29 is 19.4 Å². The van der Waals surface area contributed by atoms with Crippen LogP contribution in [-0.2, 0) is 10.6 Å². The highest BCUT2D eigenvalue weighted by atomic mass is 35.5. The van der Waals surface area contributed by atoms with Gasteiger partial charge < -0.3 is 9.84 Å². The van der Waals surface area contributed by atoms with Gasteiger partial charge in [-0.05, 0) is 30.3 Å². The summed E-state index contributed by atoms with van der Waals surface area (Å²) in [5.41, 5.74) is 0.532. The number of aliphatic hydroxyl groups is 1. The summed E-state index contributed by atoms with van der Waals surface area (Å²) in [6.45, 7) is 0. The van der Waals surface area contributed by atoms with E-state index in [1.165, 1.54) is 30.5 Å². The van der Waals surface area contributed by atoms with Gasteiger partial charge in [0.25, 0.3) is 5.91 Å². The second-order valence-corrected chi connectivity index (χ2v) is 5.14. The molecule has 0 bridgehead atoms. The summed E-state index contributed by atoms with van der Waals surface area (Å²) >= 11 is 5.93. The first-order chi connectivity index (χ1) is 10.0. The Morgan fingerprint density at radius 1 is 1.29 bits per heavy atom. The first-order valence-electron chi connectivity index (χ1n) is 6.08. The third-order valence-corrected chi connectivity index (χ3v) is 3.76. The number of hydrogen-bond acceptors (Lipinski definition) is 5. The molecule has 2 aromatic rings. The maximum atomic E-state index is 12.5. The van der Waals surface area contributed by atoms with E-state index in [4.69, 9.17) is 16.3 Å². The minimum Gasteiger partial charge on any atom is -0.405 e. The SMILES string of the molecule is O=C1OC2(O)c3cccnc3C(=O)N2c2cc(Cl)ccc21. The van der Waals surface area contributed by atoms with Gasteiger partial charge in [-0.15, -0.1) is 0 Å². The normalized spacial score (nSPS) is 22.5. The molecule has 0 aliphatic carbocycles. The number of anilines is 1. The summed E-state index contributed by atoms with van der Waals surface area (Å²) in [4.78, 5) is 29.5. The number of pyridine rings is 1. The van der Waals surface area contributed by atoms with Gasteiger partial charge in [0.1, 0.15) is 5.69 Å². The van der Waals surface area contributed by atoms with E-state index in [9.17, 15) is 14.7 Å². The summed E-state index contributed by atoms with van der Waals surface area (Å²) in [5.74, 6) is -3.47. The Labute approximate surface area is 123 Å². The van der Waals surface area contributed by atoms with Gasteiger partial charge in [0.2, 0.25) is 0 Å². The molecule has 21 heavy (non-hydrogen) atoms. The number of ether oxygens (including phenoxy) is 1. The molecule has 3 heterocycles. The highest BCUT2D eigenvalue weighted by Crippen LogP contribution is 2.46. The Kier molecular flexibility index (Phi) is 2.23. The van der Waals surface area contributed by atoms with E-state index in [1.807, 2.05) is 0 Å². The van der Waals surface area contributed by atoms with Crippen molar-refractivity contribution in [3.05, 3.63) is 58.4 Å². The van der Waals surface area contributed by atoms with Crippen molar-refractivity contribution in [2.75, 3.05) is 4.90 Å². The number of benzene rings is 1. The van der Waals surface area contributed by atoms with Gasteiger partial charge in [0.15, 0.2) is 0 Å². The monoisotopic (exact) mass is 302 g/mol. The van der Waals surface area contributed by atoms with E-state index >= 15 is 0 Å². The van der Waals surface area contributed by atoms with Crippen LogP contribution in [0.1, 0.15) is 26.4 Å². The van der Waals surface area contributed by atoms with Gasteiger partial charge in [0.05, 0.1) is 16.8 Å². The number of aromatic nitrogens is 1. The molecule has 1 aromatic heterocycles. The van der Waals surface area contributed by atoms with Crippen LogP contribution in [0.25, 0.3) is 0 Å². The lowest BCUT2D eigenvalue weighted by atomic mass is 10.1. The summed E-state index contributed by atoms with van der Waals surface area (Å²) in [7, 11) is 0. The third kappa shape index (κ3) is 1.43. The van der Waals surface area contributed by atoms with Crippen LogP contribution in [0.5, 0.6) is 0 Å². The second-order valence-electron chi connectivity index (χ2n) is 4.70. The maximum Gasteiger partial charge on any atom is 0.344 e. The minimum atomic E-state index is -2.19. The van der Waals surface area contributed by atoms with Crippen molar-refractivity contribution in [3.63, 3.8) is 0 Å². The number of carbonyl (C=O) groups is 2. The molecular weight excluding hydrogens is 296 g/mol. The Morgan fingerprint density at radius 3 is 2.90 bits per heavy atom. The topological polar surface area (TPSA) is 79.7 Å². The number of hydrogen-bond donors (Lipinski definition) is 1. The van der Waals surface area contributed by atoms with E-state index in [2.05, 4.69) is 4.98 Å². The van der Waals surface area contributed by atoms with E-state index in [0.29, 0.717) is 5.02 Å². The highest BCUT2D eigenvalue weighted by molar-refractivity contribution is 6.31. The second kappa shape index (κ2) is 3.81. The lowest BCUT2D eigenvalue weighted by molar-refractivity contribution is -0.167. The Bertz CT molecular complexity index is 822. The van der Waals surface area contributed by atoms with Crippen molar-refractivity contribution >= 4 is 29.2 Å². The molecule has 104 valence electrons. The average molecular weight is 303 g/mol. The van der Waals surface area contributed by atoms with E-state index in [1.54, 1.807) is 6.07 Å². The fourth-order valence-electron chi connectivity index (χ4n) is 2.62. The molecule has 2 aliphatic heterocycles. The molecule has 0 fully saturated rings. The molecule has 1 aromatic carbocycles. The standard InChI is InChI=1S/C14H7ClN2O4/c15-7-3-4-8-10(6-7)17-12(18)11-9(2-1-5-16-11)14(17,20)21-13(8)19/h1-6,20H. The molecule has 1 atom stereocenters. The molecule has 2 aliphatic rings. The highest BCUT2D eigenvalue weighted by Gasteiger charge is 2.57. The van der Waals surface area contributed by atoms with Crippen molar-refractivity contribution in [1.29, 1.82) is 0 Å². The molecule has 0 saturated heterocycles.